The van der Waals surface area contributed by atoms with Gasteiger partial charge in [-0.1, -0.05) is 6.07 Å². The van der Waals surface area contributed by atoms with Crippen molar-refractivity contribution in [1.29, 1.82) is 0 Å². The third kappa shape index (κ3) is 4.05. The summed E-state index contributed by atoms with van der Waals surface area (Å²) < 4.78 is 32.8. The number of thiophene rings is 1. The minimum absolute atomic E-state index is 0.113. The molecule has 0 atom stereocenters. The first kappa shape index (κ1) is 23.0. The van der Waals surface area contributed by atoms with Crippen LogP contribution < -0.4 is 5.32 Å². The van der Waals surface area contributed by atoms with E-state index in [0.29, 0.717) is 15.3 Å². The highest BCUT2D eigenvalue weighted by molar-refractivity contribution is 7.14. The summed E-state index contributed by atoms with van der Waals surface area (Å²) >= 11 is 1.14. The highest BCUT2D eigenvalue weighted by Crippen LogP contribution is 2.51. The van der Waals surface area contributed by atoms with Gasteiger partial charge in [0.15, 0.2) is 5.78 Å². The van der Waals surface area contributed by atoms with Crippen molar-refractivity contribution in [2.24, 2.45) is 0 Å². The van der Waals surface area contributed by atoms with Gasteiger partial charge in [-0.3, -0.25) is 14.4 Å². The van der Waals surface area contributed by atoms with Gasteiger partial charge in [0.2, 0.25) is 0 Å². The number of nitrogens with zero attached hydrogens (tertiary/aromatic N) is 2. The maximum absolute atomic E-state index is 13.7. The van der Waals surface area contributed by atoms with Gasteiger partial charge in [-0.15, -0.1) is 11.3 Å². The number of hydrogen-bond acceptors (Lipinski definition) is 7. The Morgan fingerprint density at radius 2 is 1.97 bits per heavy atom. The Morgan fingerprint density at radius 1 is 1.20 bits per heavy atom. The number of ketones is 2. The molecule has 0 unspecified atom stereocenters. The van der Waals surface area contributed by atoms with Crippen LogP contribution in [-0.4, -0.2) is 38.8 Å². The lowest BCUT2D eigenvalue weighted by molar-refractivity contribution is -0.148. The summed E-state index contributed by atoms with van der Waals surface area (Å²) in [5.41, 5.74) is 0.676. The lowest BCUT2D eigenvalue weighted by atomic mass is 9.71. The van der Waals surface area contributed by atoms with E-state index in [0.717, 1.165) is 27.9 Å². The number of hydrogen-bond donors (Lipinski definition) is 2. The summed E-state index contributed by atoms with van der Waals surface area (Å²) in [5, 5.41) is 13.1. The number of furan rings is 1. The minimum Gasteiger partial charge on any atom is -0.464 e. The summed E-state index contributed by atoms with van der Waals surface area (Å²) in [6.07, 6.45) is 1.57. The van der Waals surface area contributed by atoms with E-state index in [4.69, 9.17) is 4.42 Å². The van der Waals surface area contributed by atoms with E-state index < -0.39 is 36.0 Å². The number of benzene rings is 1. The minimum atomic E-state index is -2.98. The molecule has 5 rings (SSSR count). The van der Waals surface area contributed by atoms with Crippen molar-refractivity contribution in [2.75, 3.05) is 0 Å². The highest BCUT2D eigenvalue weighted by Gasteiger charge is 2.60. The van der Waals surface area contributed by atoms with E-state index in [1.54, 1.807) is 32.2 Å². The molecular formula is C24H20F2N4O4S. The second-order valence-electron chi connectivity index (χ2n) is 8.81. The van der Waals surface area contributed by atoms with Crippen molar-refractivity contribution in [2.45, 2.75) is 44.6 Å². The molecule has 35 heavy (non-hydrogen) atoms. The van der Waals surface area contributed by atoms with Crippen LogP contribution in [0.5, 0.6) is 0 Å². The molecule has 0 bridgehead atoms. The van der Waals surface area contributed by atoms with Crippen molar-refractivity contribution < 1.29 is 27.6 Å². The Kier molecular flexibility index (Phi) is 5.39. The van der Waals surface area contributed by atoms with Gasteiger partial charge in [0, 0.05) is 35.1 Å². The second-order valence-corrected chi connectivity index (χ2v) is 10.0. The Balaban J connectivity index is 1.36. The first-order valence-corrected chi connectivity index (χ1v) is 11.6. The number of nitrogens with one attached hydrogen (secondary N) is 2. The summed E-state index contributed by atoms with van der Waals surface area (Å²) in [7, 11) is 0. The van der Waals surface area contributed by atoms with Crippen LogP contribution in [-0.2, 0) is 16.8 Å². The quantitative estimate of drug-likeness (QED) is 0.290. The number of carbonyl (C=O) groups is 3. The largest absolute Gasteiger partial charge is 0.464 e. The van der Waals surface area contributed by atoms with Gasteiger partial charge in [-0.05, 0) is 43.2 Å². The van der Waals surface area contributed by atoms with Crippen molar-refractivity contribution in [3.8, 4) is 0 Å². The first-order valence-electron chi connectivity index (χ1n) is 10.8. The number of alkyl halides is 2. The molecule has 0 saturated heterocycles. The predicted molar refractivity (Wildman–Crippen MR) is 123 cm³/mol. The van der Waals surface area contributed by atoms with E-state index in [2.05, 4.69) is 20.7 Å². The molecule has 0 aliphatic heterocycles. The normalized spacial score (nSPS) is 16.1. The fourth-order valence-electron chi connectivity index (χ4n) is 4.63. The number of rotatable bonds is 7. The van der Waals surface area contributed by atoms with Crippen LogP contribution in [0.25, 0.3) is 11.0 Å². The number of aryl methyl sites for hydroxylation is 1. The molecule has 3 aromatic heterocycles. The van der Waals surface area contributed by atoms with E-state index in [9.17, 15) is 23.2 Å². The van der Waals surface area contributed by atoms with Gasteiger partial charge >= 0.3 is 0 Å². The second kappa shape index (κ2) is 8.19. The van der Waals surface area contributed by atoms with Gasteiger partial charge in [0.05, 0.1) is 22.9 Å². The predicted octanol–water partition coefficient (Wildman–Crippen LogP) is 4.28. The van der Waals surface area contributed by atoms with Gasteiger partial charge in [-0.25, -0.2) is 8.78 Å². The lowest BCUT2D eigenvalue weighted by Crippen LogP contribution is -2.61. The number of amides is 1. The average molecular weight is 499 g/mol. The van der Waals surface area contributed by atoms with E-state index in [1.165, 1.54) is 6.20 Å². The molecule has 180 valence electrons. The third-order valence-corrected chi connectivity index (χ3v) is 7.52. The molecule has 11 heteroatoms. The van der Waals surface area contributed by atoms with Crippen LogP contribution in [0.4, 0.5) is 8.78 Å². The van der Waals surface area contributed by atoms with Crippen LogP contribution in [0.15, 0.2) is 41.1 Å². The van der Waals surface area contributed by atoms with Crippen molar-refractivity contribution >= 4 is 39.8 Å². The topological polar surface area (TPSA) is 118 Å². The van der Waals surface area contributed by atoms with Crippen LogP contribution >= 0.6 is 11.3 Å². The molecule has 1 amide bonds. The average Bonchev–Trinajstić information content (AvgIpc) is 3.52. The maximum atomic E-state index is 13.7. The molecule has 1 aliphatic carbocycles. The molecule has 8 nitrogen and oxygen atoms in total. The van der Waals surface area contributed by atoms with Gasteiger partial charge in [0.1, 0.15) is 11.3 Å². The number of fused-ring (bicyclic) bond motifs is 1. The smallest absolute Gasteiger partial charge is 0.293 e. The van der Waals surface area contributed by atoms with Crippen LogP contribution in [0.2, 0.25) is 0 Å². The van der Waals surface area contributed by atoms with E-state index in [1.807, 2.05) is 12.1 Å². The zero-order valence-electron chi connectivity index (χ0n) is 18.8. The Bertz CT molecular complexity index is 1460. The third-order valence-electron chi connectivity index (χ3n) is 6.27. The van der Waals surface area contributed by atoms with Crippen LogP contribution in [0.3, 0.4) is 0 Å². The Labute approximate surface area is 201 Å². The molecule has 3 heterocycles. The fraction of sp³-hybridized carbons (Fsp3) is 0.292. The van der Waals surface area contributed by atoms with E-state index >= 15 is 0 Å². The van der Waals surface area contributed by atoms with Gasteiger partial charge in [0.25, 0.3) is 17.6 Å². The molecule has 0 spiro atoms. The summed E-state index contributed by atoms with van der Waals surface area (Å²) in [6, 6.07) is 7.27. The highest BCUT2D eigenvalue weighted by atomic mass is 32.1. The van der Waals surface area contributed by atoms with Crippen molar-refractivity contribution in [3.05, 3.63) is 68.9 Å². The first-order chi connectivity index (χ1) is 16.6. The summed E-state index contributed by atoms with van der Waals surface area (Å²) in [4.78, 5) is 39.9. The lowest BCUT2D eigenvalue weighted by Gasteiger charge is -2.46. The number of Topliss-reactive ketones (excluding diaryl/α,β-unsaturated/α-hetero) is 2. The zero-order chi connectivity index (χ0) is 25.0. The standard InChI is InChI=1S/C24H20F2N4O4S/c1-12-19(20(32)22(33)28-23(10-24(25,26)11-23)18-9-27-30-29-18)13(2)35-21(12)16(31)8-14-3-4-17-15(7-14)5-6-34-17/h3-7,9H,8,10-11H2,1-2H3,(H,28,33)(H,27,29,30). The van der Waals surface area contributed by atoms with Gasteiger partial charge in [-0.2, -0.15) is 15.4 Å². The number of halogens is 2. The number of aromatic amines is 1. The molecule has 1 aliphatic rings. The number of carbonyl (C=O) groups excluding carboxylic acids is 3. The molecule has 1 saturated carbocycles. The fourth-order valence-corrected chi connectivity index (χ4v) is 5.73. The Hall–Kier alpha value is -3.73. The van der Waals surface area contributed by atoms with Crippen molar-refractivity contribution in [1.82, 2.24) is 20.7 Å². The Morgan fingerprint density at radius 3 is 2.66 bits per heavy atom. The molecule has 4 aromatic rings. The molecule has 0 radical (unpaired) electrons. The molecule has 1 aromatic carbocycles. The number of aromatic nitrogens is 3. The summed E-state index contributed by atoms with van der Waals surface area (Å²) in [5.74, 6) is -5.08. The van der Waals surface area contributed by atoms with Gasteiger partial charge < -0.3 is 9.73 Å². The zero-order valence-corrected chi connectivity index (χ0v) is 19.6. The van der Waals surface area contributed by atoms with Crippen LogP contribution in [0, 0.1) is 13.8 Å². The number of H-pyrrole nitrogens is 1. The van der Waals surface area contributed by atoms with Crippen molar-refractivity contribution in [3.63, 3.8) is 0 Å². The van der Waals surface area contributed by atoms with E-state index in [-0.39, 0.29) is 23.5 Å². The molecular weight excluding hydrogens is 478 g/mol. The maximum Gasteiger partial charge on any atom is 0.293 e. The summed E-state index contributed by atoms with van der Waals surface area (Å²) in [6.45, 7) is 3.26. The monoisotopic (exact) mass is 498 g/mol. The molecule has 2 N–H and O–H groups in total. The molecule has 1 fully saturated rings. The SMILES string of the molecule is Cc1sc(C(=O)Cc2ccc3occc3c2)c(C)c1C(=O)C(=O)NC1(c2cn[nH]n2)CC(F)(F)C1. The van der Waals surface area contributed by atoms with Crippen LogP contribution in [0.1, 0.15) is 54.6 Å².